The fourth-order valence-electron chi connectivity index (χ4n) is 5.64. The highest BCUT2D eigenvalue weighted by Gasteiger charge is 2.65. The van der Waals surface area contributed by atoms with Gasteiger partial charge in [0.1, 0.15) is 5.54 Å². The lowest BCUT2D eigenvalue weighted by molar-refractivity contribution is -0.148. The number of carbonyl (C=O) groups excluding carboxylic acids is 2. The third kappa shape index (κ3) is 2.30. The topological polar surface area (TPSA) is 52.7 Å². The molecule has 1 spiro atoms. The molecular formula is C20H23F2N3O2. The molecule has 1 N–H and O–H groups in total. The minimum atomic E-state index is -2.69. The summed E-state index contributed by atoms with van der Waals surface area (Å²) in [6.07, 6.45) is 2.01. The molecule has 3 saturated heterocycles. The summed E-state index contributed by atoms with van der Waals surface area (Å²) in [5.74, 6) is -3.50. The summed E-state index contributed by atoms with van der Waals surface area (Å²) < 4.78 is 27.1. The molecule has 0 radical (unpaired) electrons. The minimum absolute atomic E-state index is 0.0619. The zero-order valence-electron chi connectivity index (χ0n) is 15.1. The first-order valence-electron chi connectivity index (χ1n) is 9.78. The van der Waals surface area contributed by atoms with E-state index in [-0.39, 0.29) is 43.8 Å². The molecule has 0 saturated carbocycles. The predicted octanol–water partition coefficient (Wildman–Crippen LogP) is 2.58. The van der Waals surface area contributed by atoms with Crippen molar-refractivity contribution in [1.82, 2.24) is 9.80 Å². The molecule has 0 unspecified atom stereocenters. The Kier molecular flexibility index (Phi) is 3.63. The maximum absolute atomic E-state index is 13.5. The van der Waals surface area contributed by atoms with Crippen molar-refractivity contribution in [2.45, 2.75) is 49.6 Å². The Hall–Kier alpha value is -2.02. The van der Waals surface area contributed by atoms with Gasteiger partial charge in [-0.25, -0.2) is 8.78 Å². The molecule has 1 aromatic rings. The standard InChI is InChI=1S/C20H23F2N3O2/c21-19(22)7-10-24(11-8-19)17(26)15-12-13-4-3-9-25(13)20(15)14-5-1-2-6-16(14)23-18(20)27/h1-2,5-6,13,15H,3-4,7-12H2,(H,23,27)/t13-,15+,20+/m1/s1. The van der Waals surface area contributed by atoms with Crippen molar-refractivity contribution in [3.8, 4) is 0 Å². The van der Waals surface area contributed by atoms with E-state index in [0.29, 0.717) is 6.42 Å². The van der Waals surface area contributed by atoms with Gasteiger partial charge in [-0.2, -0.15) is 0 Å². The van der Waals surface area contributed by atoms with Crippen LogP contribution in [-0.4, -0.2) is 53.2 Å². The van der Waals surface area contributed by atoms with Crippen molar-refractivity contribution in [2.24, 2.45) is 5.92 Å². The predicted molar refractivity (Wildman–Crippen MR) is 95.3 cm³/mol. The van der Waals surface area contributed by atoms with Crippen molar-refractivity contribution in [1.29, 1.82) is 0 Å². The highest BCUT2D eigenvalue weighted by Crippen LogP contribution is 2.55. The van der Waals surface area contributed by atoms with Gasteiger partial charge in [-0.15, -0.1) is 0 Å². The second-order valence-corrected chi connectivity index (χ2v) is 8.23. The minimum Gasteiger partial charge on any atom is -0.342 e. The van der Waals surface area contributed by atoms with E-state index in [0.717, 1.165) is 30.6 Å². The quantitative estimate of drug-likeness (QED) is 0.821. The molecule has 0 bridgehead atoms. The first kappa shape index (κ1) is 17.1. The molecule has 1 aromatic carbocycles. The van der Waals surface area contributed by atoms with Crippen molar-refractivity contribution in [2.75, 3.05) is 25.0 Å². The van der Waals surface area contributed by atoms with E-state index in [4.69, 9.17) is 0 Å². The summed E-state index contributed by atoms with van der Waals surface area (Å²) in [4.78, 5) is 30.4. The fourth-order valence-corrected chi connectivity index (χ4v) is 5.64. The van der Waals surface area contributed by atoms with Crippen LogP contribution in [0.15, 0.2) is 24.3 Å². The molecule has 7 heteroatoms. The number of rotatable bonds is 1. The molecule has 0 aliphatic carbocycles. The highest BCUT2D eigenvalue weighted by molar-refractivity contribution is 6.09. The van der Waals surface area contributed by atoms with Crippen molar-refractivity contribution in [3.63, 3.8) is 0 Å². The molecule has 5 rings (SSSR count). The van der Waals surface area contributed by atoms with E-state index >= 15 is 0 Å². The SMILES string of the molecule is O=C([C@@H]1C[C@H]2CCCN2[C@]12C(=O)Nc1ccccc12)N1CCC(F)(F)CC1. The normalized spacial score (nSPS) is 34.6. The van der Waals surface area contributed by atoms with Gasteiger partial charge in [0.2, 0.25) is 11.8 Å². The lowest BCUT2D eigenvalue weighted by atomic mass is 9.77. The lowest BCUT2D eigenvalue weighted by Crippen LogP contribution is -2.56. The van der Waals surface area contributed by atoms with Gasteiger partial charge in [-0.05, 0) is 31.9 Å². The van der Waals surface area contributed by atoms with Crippen LogP contribution >= 0.6 is 0 Å². The van der Waals surface area contributed by atoms with Crippen LogP contribution in [-0.2, 0) is 15.1 Å². The van der Waals surface area contributed by atoms with E-state index in [9.17, 15) is 18.4 Å². The summed E-state index contributed by atoms with van der Waals surface area (Å²) >= 11 is 0. The lowest BCUT2D eigenvalue weighted by Gasteiger charge is -2.40. The number of nitrogens with zero attached hydrogens (tertiary/aromatic N) is 2. The van der Waals surface area contributed by atoms with Gasteiger partial charge in [0.05, 0.1) is 5.92 Å². The average Bonchev–Trinajstić information content (AvgIpc) is 3.29. The van der Waals surface area contributed by atoms with Gasteiger partial charge >= 0.3 is 0 Å². The van der Waals surface area contributed by atoms with Gasteiger partial charge in [0, 0.05) is 43.2 Å². The van der Waals surface area contributed by atoms with Gasteiger partial charge < -0.3 is 10.2 Å². The number of benzene rings is 1. The van der Waals surface area contributed by atoms with E-state index in [1.165, 1.54) is 0 Å². The molecule has 0 aromatic heterocycles. The summed E-state index contributed by atoms with van der Waals surface area (Å²) in [7, 11) is 0. The van der Waals surface area contributed by atoms with Crippen LogP contribution < -0.4 is 5.32 Å². The van der Waals surface area contributed by atoms with E-state index in [1.807, 2.05) is 24.3 Å². The Morgan fingerprint density at radius 1 is 1.15 bits per heavy atom. The Balaban J connectivity index is 1.54. The van der Waals surface area contributed by atoms with Crippen LogP contribution in [0.1, 0.15) is 37.7 Å². The first-order valence-corrected chi connectivity index (χ1v) is 9.78. The van der Waals surface area contributed by atoms with Crippen LogP contribution in [0.2, 0.25) is 0 Å². The second kappa shape index (κ2) is 5.74. The van der Waals surface area contributed by atoms with Gasteiger partial charge in [-0.3, -0.25) is 14.5 Å². The van der Waals surface area contributed by atoms with Crippen LogP contribution in [0.3, 0.4) is 0 Å². The monoisotopic (exact) mass is 375 g/mol. The zero-order valence-corrected chi connectivity index (χ0v) is 15.1. The number of hydrogen-bond donors (Lipinski definition) is 1. The van der Waals surface area contributed by atoms with Crippen molar-refractivity contribution < 1.29 is 18.4 Å². The fraction of sp³-hybridized carbons (Fsp3) is 0.600. The first-order chi connectivity index (χ1) is 12.9. The average molecular weight is 375 g/mol. The van der Waals surface area contributed by atoms with Gasteiger partial charge in [-0.1, -0.05) is 18.2 Å². The number of alkyl halides is 2. The number of anilines is 1. The van der Waals surface area contributed by atoms with Gasteiger partial charge in [0.25, 0.3) is 5.92 Å². The number of fused-ring (bicyclic) bond motifs is 4. The molecule has 4 aliphatic heterocycles. The number of likely N-dealkylation sites (tertiary alicyclic amines) is 1. The molecule has 3 atom stereocenters. The third-order valence-corrected chi connectivity index (χ3v) is 6.88. The molecule has 4 heterocycles. The van der Waals surface area contributed by atoms with Crippen molar-refractivity contribution >= 4 is 17.5 Å². The Labute approximate surface area is 156 Å². The summed E-state index contributed by atoms with van der Waals surface area (Å²) in [5.41, 5.74) is 0.632. The summed E-state index contributed by atoms with van der Waals surface area (Å²) in [6, 6.07) is 7.76. The number of piperidine rings is 1. The van der Waals surface area contributed by atoms with E-state index in [2.05, 4.69) is 10.2 Å². The molecule has 27 heavy (non-hydrogen) atoms. The van der Waals surface area contributed by atoms with Crippen LogP contribution in [0.4, 0.5) is 14.5 Å². The van der Waals surface area contributed by atoms with E-state index < -0.39 is 17.4 Å². The molecule has 3 fully saturated rings. The number of halogens is 2. The second-order valence-electron chi connectivity index (χ2n) is 8.23. The van der Waals surface area contributed by atoms with Gasteiger partial charge in [0.15, 0.2) is 0 Å². The number of nitrogens with one attached hydrogen (secondary N) is 1. The Morgan fingerprint density at radius 2 is 1.89 bits per heavy atom. The summed E-state index contributed by atoms with van der Waals surface area (Å²) in [5, 5.41) is 2.97. The summed E-state index contributed by atoms with van der Waals surface area (Å²) in [6.45, 7) is 0.910. The van der Waals surface area contributed by atoms with Crippen LogP contribution in [0.5, 0.6) is 0 Å². The molecular weight excluding hydrogens is 352 g/mol. The third-order valence-electron chi connectivity index (χ3n) is 6.88. The number of para-hydroxylation sites is 1. The Bertz CT molecular complexity index is 804. The maximum atomic E-state index is 13.5. The smallest absolute Gasteiger partial charge is 0.251 e. The van der Waals surface area contributed by atoms with E-state index in [1.54, 1.807) is 4.90 Å². The van der Waals surface area contributed by atoms with Crippen LogP contribution in [0.25, 0.3) is 0 Å². The number of carbonyl (C=O) groups is 2. The zero-order chi connectivity index (χ0) is 18.8. The Morgan fingerprint density at radius 3 is 2.67 bits per heavy atom. The largest absolute Gasteiger partial charge is 0.342 e. The molecule has 144 valence electrons. The number of hydrogen-bond acceptors (Lipinski definition) is 3. The molecule has 4 aliphatic rings. The van der Waals surface area contributed by atoms with Crippen molar-refractivity contribution in [3.05, 3.63) is 29.8 Å². The maximum Gasteiger partial charge on any atom is 0.251 e. The van der Waals surface area contributed by atoms with Crippen LogP contribution in [0, 0.1) is 5.92 Å². The molecule has 5 nitrogen and oxygen atoms in total. The molecule has 2 amide bonds. The highest BCUT2D eigenvalue weighted by atomic mass is 19.3. The number of amides is 2.